The molecule has 0 heterocycles. The van der Waals surface area contributed by atoms with E-state index in [-0.39, 0.29) is 4.90 Å². The Kier molecular flexibility index (Phi) is 6.92. The van der Waals surface area contributed by atoms with Gasteiger partial charge in [-0.15, -0.1) is 0 Å². The molecule has 0 saturated carbocycles. The summed E-state index contributed by atoms with van der Waals surface area (Å²) in [7, 11) is 0.213. The van der Waals surface area contributed by atoms with Crippen molar-refractivity contribution >= 4 is 27.3 Å². The first kappa shape index (κ1) is 20.6. The van der Waals surface area contributed by atoms with Crippen LogP contribution in [0, 0.1) is 0 Å². The molecule has 0 aliphatic heterocycles. The first-order valence-electron chi connectivity index (χ1n) is 8.39. The third kappa shape index (κ3) is 5.62. The van der Waals surface area contributed by atoms with Gasteiger partial charge in [-0.3, -0.25) is 4.72 Å². The third-order valence-electron chi connectivity index (χ3n) is 3.84. The Hall–Kier alpha value is -1.76. The van der Waals surface area contributed by atoms with Crippen molar-refractivity contribution in [3.8, 4) is 5.75 Å². The maximum atomic E-state index is 12.6. The third-order valence-corrected chi connectivity index (χ3v) is 5.55. The highest BCUT2D eigenvalue weighted by Gasteiger charge is 2.15. The van der Waals surface area contributed by atoms with Gasteiger partial charge in [0.05, 0.1) is 15.6 Å². The van der Waals surface area contributed by atoms with E-state index in [0.717, 1.165) is 12.1 Å². The van der Waals surface area contributed by atoms with Gasteiger partial charge in [0, 0.05) is 12.6 Å². The Morgan fingerprint density at radius 3 is 2.35 bits per heavy atom. The summed E-state index contributed by atoms with van der Waals surface area (Å²) in [5, 5.41) is 0.438. The van der Waals surface area contributed by atoms with E-state index in [1.165, 1.54) is 0 Å². The van der Waals surface area contributed by atoms with E-state index < -0.39 is 10.0 Å². The molecular weight excluding hydrogens is 372 g/mol. The van der Waals surface area contributed by atoms with Crippen LogP contribution >= 0.6 is 11.6 Å². The zero-order valence-corrected chi connectivity index (χ0v) is 17.1. The lowest BCUT2D eigenvalue weighted by molar-refractivity contribution is 0.261. The van der Waals surface area contributed by atoms with Crippen molar-refractivity contribution in [2.24, 2.45) is 0 Å². The van der Waals surface area contributed by atoms with Crippen molar-refractivity contribution in [3.63, 3.8) is 0 Å². The summed E-state index contributed by atoms with van der Waals surface area (Å²) >= 11 is 6.13. The van der Waals surface area contributed by atoms with Crippen LogP contribution in [0.25, 0.3) is 0 Å². The second kappa shape index (κ2) is 8.75. The zero-order chi connectivity index (χ0) is 19.3. The monoisotopic (exact) mass is 396 g/mol. The minimum atomic E-state index is -3.68. The number of nitrogens with one attached hydrogen (secondary N) is 1. The van der Waals surface area contributed by atoms with Gasteiger partial charge < -0.3 is 9.64 Å². The summed E-state index contributed by atoms with van der Waals surface area (Å²) in [5.74, 6) is 0.793. The van der Waals surface area contributed by atoms with E-state index in [2.05, 4.69) is 18.6 Å². The molecule has 0 aliphatic rings. The molecule has 142 valence electrons. The van der Waals surface area contributed by atoms with Crippen molar-refractivity contribution < 1.29 is 13.2 Å². The highest BCUT2D eigenvalue weighted by atomic mass is 35.5. The standard InChI is InChI=1S/C19H25ClN2O3S/c1-14(2)15-5-8-17(9-6-15)26(23,24)21-16-7-10-18(20)19(13-16)25-12-11-22(3)4/h5-10,13-14,21H,11-12H2,1-4H3. The molecule has 0 fully saturated rings. The molecule has 26 heavy (non-hydrogen) atoms. The van der Waals surface area contributed by atoms with Crippen molar-refractivity contribution in [2.75, 3.05) is 32.0 Å². The number of nitrogens with zero attached hydrogens (tertiary/aromatic N) is 1. The Labute approximate surface area is 161 Å². The van der Waals surface area contributed by atoms with Crippen molar-refractivity contribution in [1.82, 2.24) is 4.90 Å². The average Bonchev–Trinajstić information content (AvgIpc) is 2.57. The number of anilines is 1. The molecule has 0 bridgehead atoms. The minimum absolute atomic E-state index is 0.215. The molecule has 0 unspecified atom stereocenters. The van der Waals surface area contributed by atoms with E-state index >= 15 is 0 Å². The van der Waals surface area contributed by atoms with E-state index in [1.807, 2.05) is 31.1 Å². The Bertz CT molecular complexity index is 834. The van der Waals surface area contributed by atoms with Gasteiger partial charge in [-0.1, -0.05) is 37.6 Å². The van der Waals surface area contributed by atoms with Gasteiger partial charge >= 0.3 is 0 Å². The summed E-state index contributed by atoms with van der Waals surface area (Å²) in [6.45, 7) is 5.31. The topological polar surface area (TPSA) is 58.6 Å². The fourth-order valence-electron chi connectivity index (χ4n) is 2.26. The van der Waals surface area contributed by atoms with Gasteiger partial charge in [0.15, 0.2) is 0 Å². The number of hydrogen-bond donors (Lipinski definition) is 1. The molecule has 0 spiro atoms. The quantitative estimate of drug-likeness (QED) is 0.726. The number of rotatable bonds is 8. The molecule has 2 aromatic carbocycles. The molecule has 0 atom stereocenters. The summed E-state index contributed by atoms with van der Waals surface area (Å²) in [6.07, 6.45) is 0. The summed E-state index contributed by atoms with van der Waals surface area (Å²) in [5.41, 5.74) is 1.49. The molecule has 5 nitrogen and oxygen atoms in total. The van der Waals surface area contributed by atoms with Crippen LogP contribution < -0.4 is 9.46 Å². The lowest BCUT2D eigenvalue weighted by Gasteiger charge is -2.14. The van der Waals surface area contributed by atoms with Crippen LogP contribution in [0.3, 0.4) is 0 Å². The number of benzene rings is 2. The average molecular weight is 397 g/mol. The van der Waals surface area contributed by atoms with Crippen LogP contribution in [0.1, 0.15) is 25.3 Å². The minimum Gasteiger partial charge on any atom is -0.491 e. The SMILES string of the molecule is CC(C)c1ccc(S(=O)(=O)Nc2ccc(Cl)c(OCCN(C)C)c2)cc1. The molecule has 1 N–H and O–H groups in total. The predicted octanol–water partition coefficient (Wildman–Crippen LogP) is 4.20. The van der Waals surface area contributed by atoms with Crippen molar-refractivity contribution in [1.29, 1.82) is 0 Å². The summed E-state index contributed by atoms with van der Waals surface area (Å²) in [4.78, 5) is 2.20. The second-order valence-corrected chi connectivity index (χ2v) is 8.72. The molecule has 0 amide bonds. The first-order valence-corrected chi connectivity index (χ1v) is 10.2. The smallest absolute Gasteiger partial charge is 0.261 e. The van der Waals surface area contributed by atoms with E-state index in [4.69, 9.17) is 16.3 Å². The van der Waals surface area contributed by atoms with E-state index in [0.29, 0.717) is 29.0 Å². The molecule has 2 rings (SSSR count). The van der Waals surface area contributed by atoms with E-state index in [1.54, 1.807) is 30.3 Å². The molecule has 0 radical (unpaired) electrons. The number of hydrogen-bond acceptors (Lipinski definition) is 4. The fourth-order valence-corrected chi connectivity index (χ4v) is 3.48. The van der Waals surface area contributed by atoms with Crippen molar-refractivity contribution in [2.45, 2.75) is 24.7 Å². The fraction of sp³-hybridized carbons (Fsp3) is 0.368. The van der Waals surface area contributed by atoms with Crippen LogP contribution in [0.15, 0.2) is 47.4 Å². The highest BCUT2D eigenvalue weighted by Crippen LogP contribution is 2.29. The second-order valence-electron chi connectivity index (χ2n) is 6.63. The van der Waals surface area contributed by atoms with Gasteiger partial charge in [-0.05, 0) is 49.8 Å². The molecule has 0 aliphatic carbocycles. The van der Waals surface area contributed by atoms with Gasteiger partial charge in [0.25, 0.3) is 10.0 Å². The molecule has 7 heteroatoms. The highest BCUT2D eigenvalue weighted by molar-refractivity contribution is 7.92. The number of likely N-dealkylation sites (N-methyl/N-ethyl adjacent to an activating group) is 1. The zero-order valence-electron chi connectivity index (χ0n) is 15.5. The molecule has 0 aromatic heterocycles. The molecule has 2 aromatic rings. The lowest BCUT2D eigenvalue weighted by atomic mass is 10.0. The number of ether oxygens (including phenoxy) is 1. The van der Waals surface area contributed by atoms with Crippen LogP contribution in [-0.4, -0.2) is 40.6 Å². The first-order chi connectivity index (χ1) is 12.2. The number of halogens is 1. The van der Waals surface area contributed by atoms with Gasteiger partial charge in [0.2, 0.25) is 0 Å². The van der Waals surface area contributed by atoms with Crippen LogP contribution in [0.4, 0.5) is 5.69 Å². The van der Waals surface area contributed by atoms with Gasteiger partial charge in [0.1, 0.15) is 12.4 Å². The summed E-state index contributed by atoms with van der Waals surface area (Å²) < 4.78 is 33.4. The van der Waals surface area contributed by atoms with Gasteiger partial charge in [-0.25, -0.2) is 8.42 Å². The molecule has 0 saturated heterocycles. The van der Waals surface area contributed by atoms with E-state index in [9.17, 15) is 8.42 Å². The maximum absolute atomic E-state index is 12.6. The number of sulfonamides is 1. The largest absolute Gasteiger partial charge is 0.491 e. The van der Waals surface area contributed by atoms with Crippen LogP contribution in [-0.2, 0) is 10.0 Å². The normalized spacial score (nSPS) is 11.8. The van der Waals surface area contributed by atoms with Crippen LogP contribution in [0.5, 0.6) is 5.75 Å². The maximum Gasteiger partial charge on any atom is 0.261 e. The lowest BCUT2D eigenvalue weighted by Crippen LogP contribution is -2.19. The Morgan fingerprint density at radius 1 is 1.12 bits per heavy atom. The van der Waals surface area contributed by atoms with Crippen molar-refractivity contribution in [3.05, 3.63) is 53.1 Å². The Balaban J connectivity index is 2.15. The van der Waals surface area contributed by atoms with Gasteiger partial charge in [-0.2, -0.15) is 0 Å². The van der Waals surface area contributed by atoms with Crippen LogP contribution in [0.2, 0.25) is 5.02 Å². The predicted molar refractivity (Wildman–Crippen MR) is 107 cm³/mol. The Morgan fingerprint density at radius 2 is 1.77 bits per heavy atom. The summed E-state index contributed by atoms with van der Waals surface area (Å²) in [6, 6.07) is 11.7. The molecular formula is C19H25ClN2O3S.